The second kappa shape index (κ2) is 5.28. The average Bonchev–Trinajstić information content (AvgIpc) is 2.87. The van der Waals surface area contributed by atoms with Gasteiger partial charge in [0.1, 0.15) is 0 Å². The van der Waals surface area contributed by atoms with Crippen LogP contribution in [-0.2, 0) is 9.84 Å². The molecule has 100 valence electrons. The van der Waals surface area contributed by atoms with Crippen molar-refractivity contribution in [1.29, 1.82) is 0 Å². The Kier molecular flexibility index (Phi) is 3.92. The van der Waals surface area contributed by atoms with Crippen molar-refractivity contribution in [3.8, 4) is 0 Å². The molecule has 2 rings (SSSR count). The largest absolute Gasteiger partial charge is 0.396 e. The van der Waals surface area contributed by atoms with Crippen LogP contribution in [0, 0.1) is 5.92 Å². The Morgan fingerprint density at radius 1 is 1.39 bits per heavy atom. The van der Waals surface area contributed by atoms with Crippen molar-refractivity contribution in [2.45, 2.75) is 18.2 Å². The first kappa shape index (κ1) is 13.4. The lowest BCUT2D eigenvalue weighted by Gasteiger charge is -2.21. The highest BCUT2D eigenvalue weighted by Crippen LogP contribution is 2.30. The highest BCUT2D eigenvalue weighted by atomic mass is 32.2. The summed E-state index contributed by atoms with van der Waals surface area (Å²) in [5.74, 6) is 0.365. The van der Waals surface area contributed by atoms with E-state index in [0.717, 1.165) is 25.2 Å². The van der Waals surface area contributed by atoms with Crippen molar-refractivity contribution in [2.24, 2.45) is 5.92 Å². The number of rotatable bonds is 4. The number of hydrogen-bond acceptors (Lipinski definition) is 4. The molecule has 18 heavy (non-hydrogen) atoms. The summed E-state index contributed by atoms with van der Waals surface area (Å²) in [4.78, 5) is 2.47. The van der Waals surface area contributed by atoms with Crippen LogP contribution < -0.4 is 4.90 Å². The molecule has 1 fully saturated rings. The topological polar surface area (TPSA) is 57.6 Å². The quantitative estimate of drug-likeness (QED) is 0.895. The van der Waals surface area contributed by atoms with Crippen molar-refractivity contribution >= 4 is 15.5 Å². The third kappa shape index (κ3) is 2.52. The zero-order valence-electron chi connectivity index (χ0n) is 10.5. The predicted molar refractivity (Wildman–Crippen MR) is 71.6 cm³/mol. The zero-order chi connectivity index (χ0) is 13.2. The molecule has 1 aliphatic rings. The van der Waals surface area contributed by atoms with Crippen molar-refractivity contribution in [2.75, 3.05) is 30.3 Å². The summed E-state index contributed by atoms with van der Waals surface area (Å²) in [6.45, 7) is 3.36. The van der Waals surface area contributed by atoms with Crippen molar-refractivity contribution in [3.05, 3.63) is 24.3 Å². The summed E-state index contributed by atoms with van der Waals surface area (Å²) in [7, 11) is -3.19. The van der Waals surface area contributed by atoms with Crippen LogP contribution in [0.25, 0.3) is 0 Å². The van der Waals surface area contributed by atoms with Gasteiger partial charge in [0.2, 0.25) is 0 Å². The maximum atomic E-state index is 12.1. The molecule has 0 aliphatic carbocycles. The second-order valence-corrected chi connectivity index (χ2v) is 6.90. The van der Waals surface area contributed by atoms with E-state index in [1.54, 1.807) is 19.1 Å². The normalized spacial score (nSPS) is 20.3. The smallest absolute Gasteiger partial charge is 0.180 e. The van der Waals surface area contributed by atoms with Gasteiger partial charge >= 0.3 is 0 Å². The van der Waals surface area contributed by atoms with E-state index in [-0.39, 0.29) is 18.3 Å². The number of aliphatic hydroxyl groups is 1. The molecular weight excluding hydrogens is 250 g/mol. The lowest BCUT2D eigenvalue weighted by Crippen LogP contribution is -2.23. The van der Waals surface area contributed by atoms with Gasteiger partial charge in [-0.15, -0.1) is 0 Å². The minimum atomic E-state index is -3.19. The fraction of sp³-hybridized carbons (Fsp3) is 0.538. The molecule has 0 radical (unpaired) electrons. The molecule has 4 nitrogen and oxygen atoms in total. The van der Waals surface area contributed by atoms with Gasteiger partial charge in [0.05, 0.1) is 16.3 Å². The Morgan fingerprint density at radius 2 is 2.11 bits per heavy atom. The summed E-state index contributed by atoms with van der Waals surface area (Å²) in [5.41, 5.74) is 0.773. The number of aliphatic hydroxyl groups excluding tert-OH is 1. The Hall–Kier alpha value is -1.07. The van der Waals surface area contributed by atoms with Gasteiger partial charge < -0.3 is 10.0 Å². The summed E-state index contributed by atoms with van der Waals surface area (Å²) in [6, 6.07) is 7.13. The van der Waals surface area contributed by atoms with E-state index in [2.05, 4.69) is 4.90 Å². The highest BCUT2D eigenvalue weighted by molar-refractivity contribution is 7.91. The lowest BCUT2D eigenvalue weighted by atomic mass is 10.1. The van der Waals surface area contributed by atoms with E-state index in [1.165, 1.54) is 0 Å². The molecule has 1 atom stereocenters. The minimum Gasteiger partial charge on any atom is -0.396 e. The first-order chi connectivity index (χ1) is 8.58. The van der Waals surface area contributed by atoms with Gasteiger partial charge in [-0.25, -0.2) is 8.42 Å². The van der Waals surface area contributed by atoms with Gasteiger partial charge in [0, 0.05) is 25.6 Å². The number of anilines is 1. The third-order valence-electron chi connectivity index (χ3n) is 3.47. The zero-order valence-corrected chi connectivity index (χ0v) is 11.4. The number of benzene rings is 1. The van der Waals surface area contributed by atoms with Gasteiger partial charge in [-0.05, 0) is 18.6 Å². The molecule has 0 aromatic heterocycles. The molecule has 0 saturated carbocycles. The van der Waals surface area contributed by atoms with Gasteiger partial charge in [0.15, 0.2) is 9.84 Å². The molecule has 1 saturated heterocycles. The summed E-state index contributed by atoms with van der Waals surface area (Å²) >= 11 is 0. The van der Waals surface area contributed by atoms with Crippen LogP contribution in [0.3, 0.4) is 0 Å². The van der Waals surface area contributed by atoms with Crippen LogP contribution in [0.5, 0.6) is 0 Å². The Labute approximate surface area is 108 Å². The van der Waals surface area contributed by atoms with Crippen LogP contribution in [-0.4, -0.2) is 39.0 Å². The van der Waals surface area contributed by atoms with Crippen LogP contribution in [0.15, 0.2) is 29.2 Å². The van der Waals surface area contributed by atoms with E-state index in [9.17, 15) is 8.42 Å². The molecule has 1 N–H and O–H groups in total. The average molecular weight is 269 g/mol. The van der Waals surface area contributed by atoms with Crippen molar-refractivity contribution in [3.63, 3.8) is 0 Å². The van der Waals surface area contributed by atoms with Crippen LogP contribution in [0.2, 0.25) is 0 Å². The number of para-hydroxylation sites is 1. The summed E-state index contributed by atoms with van der Waals surface area (Å²) in [6.07, 6.45) is 0.914. The van der Waals surface area contributed by atoms with Crippen LogP contribution in [0.1, 0.15) is 13.3 Å². The van der Waals surface area contributed by atoms with E-state index in [4.69, 9.17) is 5.11 Å². The van der Waals surface area contributed by atoms with Gasteiger partial charge in [0.25, 0.3) is 0 Å². The highest BCUT2D eigenvalue weighted by Gasteiger charge is 2.26. The van der Waals surface area contributed by atoms with Gasteiger partial charge in [-0.1, -0.05) is 19.1 Å². The summed E-state index contributed by atoms with van der Waals surface area (Å²) < 4.78 is 24.1. The molecule has 0 bridgehead atoms. The standard InChI is InChI=1S/C13H19NO3S/c1-2-18(16,17)13-6-4-3-5-12(13)14-8-7-11(9-14)10-15/h3-6,11,15H,2,7-10H2,1H3. The van der Waals surface area contributed by atoms with E-state index in [1.807, 2.05) is 12.1 Å². The molecule has 1 aliphatic heterocycles. The molecule has 1 aromatic carbocycles. The maximum absolute atomic E-state index is 12.1. The van der Waals surface area contributed by atoms with Crippen molar-refractivity contribution < 1.29 is 13.5 Å². The SMILES string of the molecule is CCS(=O)(=O)c1ccccc1N1CCC(CO)C1. The van der Waals surface area contributed by atoms with Gasteiger partial charge in [-0.2, -0.15) is 0 Å². The number of sulfone groups is 1. The van der Waals surface area contributed by atoms with Crippen LogP contribution >= 0.6 is 0 Å². The lowest BCUT2D eigenvalue weighted by molar-refractivity contribution is 0.238. The molecule has 1 unspecified atom stereocenters. The van der Waals surface area contributed by atoms with E-state index < -0.39 is 9.84 Å². The Bertz CT molecular complexity index is 513. The van der Waals surface area contributed by atoms with E-state index in [0.29, 0.717) is 4.90 Å². The fourth-order valence-corrected chi connectivity index (χ4v) is 3.45. The monoisotopic (exact) mass is 269 g/mol. The fourth-order valence-electron chi connectivity index (χ4n) is 2.34. The maximum Gasteiger partial charge on any atom is 0.180 e. The molecule has 0 amide bonds. The summed E-state index contributed by atoms with van der Waals surface area (Å²) in [5, 5.41) is 9.16. The molecule has 1 aromatic rings. The Morgan fingerprint density at radius 3 is 2.72 bits per heavy atom. The first-order valence-electron chi connectivity index (χ1n) is 6.26. The number of nitrogens with zero attached hydrogens (tertiary/aromatic N) is 1. The molecule has 0 spiro atoms. The molecular formula is C13H19NO3S. The molecule has 5 heteroatoms. The minimum absolute atomic E-state index is 0.112. The predicted octanol–water partition coefficient (Wildman–Crippen LogP) is 1.30. The first-order valence-corrected chi connectivity index (χ1v) is 7.91. The van der Waals surface area contributed by atoms with Gasteiger partial charge in [-0.3, -0.25) is 0 Å². The molecule has 1 heterocycles. The van der Waals surface area contributed by atoms with Crippen LogP contribution in [0.4, 0.5) is 5.69 Å². The van der Waals surface area contributed by atoms with Crippen molar-refractivity contribution in [1.82, 2.24) is 0 Å². The Balaban J connectivity index is 2.35. The third-order valence-corrected chi connectivity index (χ3v) is 5.24. The van der Waals surface area contributed by atoms with E-state index >= 15 is 0 Å². The second-order valence-electron chi connectivity index (χ2n) is 4.65. The number of hydrogen-bond donors (Lipinski definition) is 1.